The molecule has 2 fully saturated rings. The molecule has 0 aliphatic carbocycles. The van der Waals surface area contributed by atoms with Crippen LogP contribution < -0.4 is 0 Å². The van der Waals surface area contributed by atoms with E-state index < -0.39 is 0 Å². The molecule has 3 heterocycles. The zero-order chi connectivity index (χ0) is 20.1. The quantitative estimate of drug-likeness (QED) is 0.751. The SMILES string of the molecule is CCOC(=O)N1CCN(C(=O)CN2CCC(c3nnc(C(C)C)o3)CC2)CC1. The van der Waals surface area contributed by atoms with E-state index >= 15 is 0 Å². The Morgan fingerprint density at radius 1 is 1.07 bits per heavy atom. The smallest absolute Gasteiger partial charge is 0.409 e. The third kappa shape index (κ3) is 5.01. The largest absolute Gasteiger partial charge is 0.450 e. The average molecular weight is 393 g/mol. The number of nitrogens with zero attached hydrogens (tertiary/aromatic N) is 5. The Balaban J connectivity index is 1.41. The number of carbonyl (C=O) groups is 2. The topological polar surface area (TPSA) is 92.0 Å². The number of aromatic nitrogens is 2. The molecule has 0 spiro atoms. The molecule has 28 heavy (non-hydrogen) atoms. The molecule has 0 unspecified atom stereocenters. The molecule has 9 nitrogen and oxygen atoms in total. The summed E-state index contributed by atoms with van der Waals surface area (Å²) >= 11 is 0. The maximum Gasteiger partial charge on any atom is 0.409 e. The van der Waals surface area contributed by atoms with Crippen LogP contribution in [0.5, 0.6) is 0 Å². The van der Waals surface area contributed by atoms with Gasteiger partial charge < -0.3 is 19.0 Å². The van der Waals surface area contributed by atoms with Gasteiger partial charge in [-0.25, -0.2) is 4.79 Å². The molecule has 0 N–H and O–H groups in total. The second-order valence-corrected chi connectivity index (χ2v) is 7.75. The molecule has 1 aromatic rings. The maximum atomic E-state index is 12.6. The molecule has 9 heteroatoms. The van der Waals surface area contributed by atoms with Gasteiger partial charge in [0.05, 0.1) is 13.2 Å². The first-order valence-corrected chi connectivity index (χ1v) is 10.2. The van der Waals surface area contributed by atoms with Crippen LogP contribution in [0, 0.1) is 0 Å². The van der Waals surface area contributed by atoms with Gasteiger partial charge >= 0.3 is 6.09 Å². The van der Waals surface area contributed by atoms with Gasteiger partial charge in [-0.15, -0.1) is 10.2 Å². The normalized spacial score (nSPS) is 19.3. The van der Waals surface area contributed by atoms with Crippen LogP contribution >= 0.6 is 0 Å². The van der Waals surface area contributed by atoms with Crippen LogP contribution in [0.3, 0.4) is 0 Å². The van der Waals surface area contributed by atoms with Crippen molar-refractivity contribution in [2.45, 2.75) is 45.4 Å². The summed E-state index contributed by atoms with van der Waals surface area (Å²) in [4.78, 5) is 30.1. The second kappa shape index (κ2) is 9.36. The number of ether oxygens (including phenoxy) is 1. The van der Waals surface area contributed by atoms with Crippen LogP contribution in [0.1, 0.15) is 57.2 Å². The summed E-state index contributed by atoms with van der Waals surface area (Å²) in [5.74, 6) is 2.06. The van der Waals surface area contributed by atoms with Gasteiger partial charge in [0.2, 0.25) is 17.7 Å². The summed E-state index contributed by atoms with van der Waals surface area (Å²) < 4.78 is 10.8. The Morgan fingerprint density at radius 2 is 1.71 bits per heavy atom. The molecule has 156 valence electrons. The number of piperazine rings is 1. The molecule has 0 saturated carbocycles. The van der Waals surface area contributed by atoms with Crippen LogP contribution in [0.25, 0.3) is 0 Å². The fourth-order valence-corrected chi connectivity index (χ4v) is 3.63. The second-order valence-electron chi connectivity index (χ2n) is 7.75. The number of likely N-dealkylation sites (tertiary alicyclic amines) is 1. The predicted octanol–water partition coefficient (Wildman–Crippen LogP) is 1.67. The standard InChI is InChI=1S/C19H31N5O4/c1-4-27-19(26)24-11-9-23(10-12-24)16(25)13-22-7-5-15(6-8-22)18-21-20-17(28-18)14(2)3/h14-15H,4-13H2,1-3H3. The summed E-state index contributed by atoms with van der Waals surface area (Å²) in [6.45, 7) is 10.5. The number of piperidine rings is 1. The monoisotopic (exact) mass is 393 g/mol. The van der Waals surface area contributed by atoms with E-state index in [1.807, 2.05) is 18.7 Å². The van der Waals surface area contributed by atoms with Gasteiger partial charge in [-0.05, 0) is 32.9 Å². The van der Waals surface area contributed by atoms with E-state index in [9.17, 15) is 9.59 Å². The molecular weight excluding hydrogens is 362 g/mol. The van der Waals surface area contributed by atoms with E-state index in [1.165, 1.54) is 0 Å². The van der Waals surface area contributed by atoms with E-state index in [0.717, 1.165) is 31.8 Å². The molecular formula is C19H31N5O4. The number of amides is 2. The number of hydrogen-bond donors (Lipinski definition) is 0. The fourth-order valence-electron chi connectivity index (χ4n) is 3.63. The average Bonchev–Trinajstić information content (AvgIpc) is 3.19. The van der Waals surface area contributed by atoms with Crippen molar-refractivity contribution < 1.29 is 18.7 Å². The minimum absolute atomic E-state index is 0.127. The van der Waals surface area contributed by atoms with Crippen molar-refractivity contribution in [3.63, 3.8) is 0 Å². The van der Waals surface area contributed by atoms with Gasteiger partial charge in [-0.3, -0.25) is 9.69 Å². The number of hydrogen-bond acceptors (Lipinski definition) is 7. The Kier molecular flexibility index (Phi) is 6.88. The van der Waals surface area contributed by atoms with Crippen LogP contribution in [-0.2, 0) is 9.53 Å². The first kappa shape index (κ1) is 20.6. The molecule has 2 saturated heterocycles. The van der Waals surface area contributed by atoms with E-state index in [1.54, 1.807) is 11.8 Å². The third-order valence-electron chi connectivity index (χ3n) is 5.40. The minimum Gasteiger partial charge on any atom is -0.450 e. The maximum absolute atomic E-state index is 12.6. The molecule has 0 bridgehead atoms. The molecule has 2 amide bonds. The predicted molar refractivity (Wildman–Crippen MR) is 102 cm³/mol. The number of carbonyl (C=O) groups excluding carboxylic acids is 2. The fraction of sp³-hybridized carbons (Fsp3) is 0.789. The van der Waals surface area contributed by atoms with Crippen molar-refractivity contribution in [2.75, 3.05) is 52.4 Å². The molecule has 1 aromatic heterocycles. The van der Waals surface area contributed by atoms with Crippen LogP contribution in [0.15, 0.2) is 4.42 Å². The molecule has 0 aromatic carbocycles. The van der Waals surface area contributed by atoms with Gasteiger partial charge in [-0.1, -0.05) is 13.8 Å². The van der Waals surface area contributed by atoms with Gasteiger partial charge in [0.1, 0.15) is 0 Å². The van der Waals surface area contributed by atoms with E-state index in [0.29, 0.717) is 45.2 Å². The molecule has 2 aliphatic heterocycles. The highest BCUT2D eigenvalue weighted by Gasteiger charge is 2.29. The zero-order valence-electron chi connectivity index (χ0n) is 17.1. The van der Waals surface area contributed by atoms with Crippen molar-refractivity contribution in [3.05, 3.63) is 11.8 Å². The van der Waals surface area contributed by atoms with Crippen molar-refractivity contribution in [2.24, 2.45) is 0 Å². The highest BCUT2D eigenvalue weighted by atomic mass is 16.6. The van der Waals surface area contributed by atoms with Crippen molar-refractivity contribution in [1.82, 2.24) is 24.9 Å². The third-order valence-corrected chi connectivity index (χ3v) is 5.40. The summed E-state index contributed by atoms with van der Waals surface area (Å²) in [5.41, 5.74) is 0. The van der Waals surface area contributed by atoms with Crippen molar-refractivity contribution in [1.29, 1.82) is 0 Å². The van der Waals surface area contributed by atoms with Gasteiger partial charge in [0.15, 0.2) is 0 Å². The molecule has 3 rings (SSSR count). The summed E-state index contributed by atoms with van der Waals surface area (Å²) in [5, 5.41) is 8.32. The lowest BCUT2D eigenvalue weighted by molar-refractivity contribution is -0.134. The Morgan fingerprint density at radius 3 is 2.29 bits per heavy atom. The van der Waals surface area contributed by atoms with Crippen molar-refractivity contribution >= 4 is 12.0 Å². The van der Waals surface area contributed by atoms with Gasteiger partial charge in [0.25, 0.3) is 0 Å². The summed E-state index contributed by atoms with van der Waals surface area (Å²) in [6, 6.07) is 0. The lowest BCUT2D eigenvalue weighted by Crippen LogP contribution is -2.53. The zero-order valence-corrected chi connectivity index (χ0v) is 17.1. The van der Waals surface area contributed by atoms with Crippen LogP contribution in [-0.4, -0.2) is 89.3 Å². The highest BCUT2D eigenvalue weighted by Crippen LogP contribution is 2.28. The first-order valence-electron chi connectivity index (χ1n) is 10.2. The number of rotatable bonds is 5. The Hall–Kier alpha value is -2.16. The molecule has 0 radical (unpaired) electrons. The lowest BCUT2D eigenvalue weighted by atomic mass is 9.97. The summed E-state index contributed by atoms with van der Waals surface area (Å²) in [6.07, 6.45) is 1.55. The van der Waals surface area contributed by atoms with Crippen molar-refractivity contribution in [3.8, 4) is 0 Å². The first-order chi connectivity index (χ1) is 13.5. The molecule has 2 aliphatic rings. The molecule has 0 atom stereocenters. The Bertz CT molecular complexity index is 661. The van der Waals surface area contributed by atoms with E-state index in [2.05, 4.69) is 15.1 Å². The van der Waals surface area contributed by atoms with E-state index in [4.69, 9.17) is 9.15 Å². The van der Waals surface area contributed by atoms with Gasteiger partial charge in [-0.2, -0.15) is 0 Å². The lowest BCUT2D eigenvalue weighted by Gasteiger charge is -2.36. The van der Waals surface area contributed by atoms with Crippen LogP contribution in [0.4, 0.5) is 4.79 Å². The summed E-state index contributed by atoms with van der Waals surface area (Å²) in [7, 11) is 0. The highest BCUT2D eigenvalue weighted by molar-refractivity contribution is 5.78. The van der Waals surface area contributed by atoms with Crippen LogP contribution in [0.2, 0.25) is 0 Å². The van der Waals surface area contributed by atoms with Gasteiger partial charge in [0, 0.05) is 38.0 Å². The van der Waals surface area contributed by atoms with E-state index in [-0.39, 0.29) is 23.8 Å². The Labute approximate surface area is 166 Å². The minimum atomic E-state index is -0.293.